The van der Waals surface area contributed by atoms with Crippen molar-refractivity contribution in [1.82, 2.24) is 10.0 Å². The molecule has 0 aromatic carbocycles. The average molecular weight is 156 g/mol. The Kier molecular flexibility index (Phi) is 3.34. The molecule has 0 spiro atoms. The maximum atomic E-state index is 2.46. The molecule has 0 atom stereocenters. The summed E-state index contributed by atoms with van der Waals surface area (Å²) >= 11 is 0. The van der Waals surface area contributed by atoms with Gasteiger partial charge in [-0.3, -0.25) is 0 Å². The monoisotopic (exact) mass is 156 g/mol. The van der Waals surface area contributed by atoms with Crippen LogP contribution in [0.25, 0.3) is 0 Å². The second kappa shape index (κ2) is 4.07. The van der Waals surface area contributed by atoms with Crippen LogP contribution in [0.3, 0.4) is 0 Å². The Bertz CT molecular complexity index is 106. The lowest BCUT2D eigenvalue weighted by Gasteiger charge is -2.36. The Morgan fingerprint density at radius 2 is 1.91 bits per heavy atom. The van der Waals surface area contributed by atoms with Gasteiger partial charge in [-0.25, -0.2) is 10.0 Å². The molecule has 2 heteroatoms. The van der Waals surface area contributed by atoms with Gasteiger partial charge in [0.1, 0.15) is 0 Å². The summed E-state index contributed by atoms with van der Waals surface area (Å²) < 4.78 is 0. The lowest BCUT2D eigenvalue weighted by Crippen LogP contribution is -2.44. The molecule has 0 saturated carbocycles. The molecule has 11 heavy (non-hydrogen) atoms. The number of rotatable bonds is 2. The molecule has 66 valence electrons. The number of hydrogen-bond donors (Lipinski definition) is 0. The summed E-state index contributed by atoms with van der Waals surface area (Å²) in [6.07, 6.45) is 2.73. The molecular formula is C9H20N2. The van der Waals surface area contributed by atoms with E-state index in [4.69, 9.17) is 0 Å². The quantitative estimate of drug-likeness (QED) is 0.599. The highest BCUT2D eigenvalue weighted by atomic mass is 15.6. The molecule has 1 aliphatic rings. The van der Waals surface area contributed by atoms with Gasteiger partial charge in [0, 0.05) is 26.7 Å². The second-order valence-corrected chi connectivity index (χ2v) is 3.61. The first-order valence-corrected chi connectivity index (χ1v) is 4.70. The molecule has 1 fully saturated rings. The van der Waals surface area contributed by atoms with E-state index in [2.05, 4.69) is 30.9 Å². The Balaban J connectivity index is 2.27. The van der Waals surface area contributed by atoms with Gasteiger partial charge >= 0.3 is 0 Å². The van der Waals surface area contributed by atoms with Crippen LogP contribution in [0.4, 0.5) is 0 Å². The minimum atomic E-state index is 0.941. The van der Waals surface area contributed by atoms with Gasteiger partial charge in [0.15, 0.2) is 0 Å². The van der Waals surface area contributed by atoms with Crippen LogP contribution in [0, 0.1) is 5.92 Å². The van der Waals surface area contributed by atoms with Crippen LogP contribution < -0.4 is 0 Å². The molecule has 1 rings (SSSR count). The molecule has 0 aromatic rings. The summed E-state index contributed by atoms with van der Waals surface area (Å²) in [5.74, 6) is 0.941. The summed E-state index contributed by atoms with van der Waals surface area (Å²) in [5, 5.41) is 4.78. The number of piperidine rings is 1. The van der Waals surface area contributed by atoms with E-state index in [9.17, 15) is 0 Å². The number of nitrogens with zero attached hydrogens (tertiary/aromatic N) is 2. The van der Waals surface area contributed by atoms with Crippen LogP contribution in [-0.2, 0) is 0 Å². The molecule has 1 heterocycles. The Hall–Kier alpha value is -0.0800. The third kappa shape index (κ3) is 2.46. The maximum absolute atomic E-state index is 2.46. The highest BCUT2D eigenvalue weighted by molar-refractivity contribution is 4.66. The molecule has 0 aliphatic carbocycles. The molecule has 0 radical (unpaired) electrons. The van der Waals surface area contributed by atoms with Gasteiger partial charge in [-0.2, -0.15) is 0 Å². The normalized spacial score (nSPS) is 22.9. The second-order valence-electron chi connectivity index (χ2n) is 3.61. The molecule has 0 unspecified atom stereocenters. The number of hydrogen-bond acceptors (Lipinski definition) is 2. The Labute approximate surface area is 70.1 Å². The Morgan fingerprint density at radius 3 is 2.36 bits per heavy atom. The fourth-order valence-corrected chi connectivity index (χ4v) is 1.54. The van der Waals surface area contributed by atoms with Gasteiger partial charge < -0.3 is 0 Å². The fraction of sp³-hybridized carbons (Fsp3) is 1.00. The summed E-state index contributed by atoms with van der Waals surface area (Å²) in [7, 11) is 2.18. The van der Waals surface area contributed by atoms with Crippen molar-refractivity contribution < 1.29 is 0 Å². The van der Waals surface area contributed by atoms with E-state index in [1.807, 2.05) is 0 Å². The van der Waals surface area contributed by atoms with Crippen LogP contribution in [-0.4, -0.2) is 36.7 Å². The topological polar surface area (TPSA) is 6.48 Å². The largest absolute Gasteiger partial charge is 0.245 e. The first-order valence-electron chi connectivity index (χ1n) is 4.70. The van der Waals surface area contributed by atoms with Crippen molar-refractivity contribution in [3.63, 3.8) is 0 Å². The van der Waals surface area contributed by atoms with Gasteiger partial charge in [0.05, 0.1) is 0 Å². The smallest absolute Gasteiger partial charge is 0.0135 e. The van der Waals surface area contributed by atoms with Crippen LogP contribution in [0.1, 0.15) is 26.7 Å². The van der Waals surface area contributed by atoms with Gasteiger partial charge in [-0.15, -0.1) is 0 Å². The zero-order chi connectivity index (χ0) is 8.27. The summed E-state index contributed by atoms with van der Waals surface area (Å²) in [4.78, 5) is 0. The molecule has 0 aromatic heterocycles. The van der Waals surface area contributed by atoms with Crippen molar-refractivity contribution in [3.8, 4) is 0 Å². The molecule has 2 nitrogen and oxygen atoms in total. The van der Waals surface area contributed by atoms with Crippen molar-refractivity contribution >= 4 is 0 Å². The van der Waals surface area contributed by atoms with E-state index in [0.29, 0.717) is 0 Å². The fourth-order valence-electron chi connectivity index (χ4n) is 1.54. The third-order valence-corrected chi connectivity index (χ3v) is 2.70. The van der Waals surface area contributed by atoms with Crippen molar-refractivity contribution in [1.29, 1.82) is 0 Å². The Morgan fingerprint density at radius 1 is 1.36 bits per heavy atom. The third-order valence-electron chi connectivity index (χ3n) is 2.70. The molecular weight excluding hydrogens is 136 g/mol. The zero-order valence-corrected chi connectivity index (χ0v) is 8.01. The SMILES string of the molecule is CCN(C)N1CCC(C)CC1. The molecule has 1 aliphatic heterocycles. The lowest BCUT2D eigenvalue weighted by molar-refractivity contribution is -0.0219. The van der Waals surface area contributed by atoms with E-state index in [1.165, 1.54) is 25.9 Å². The van der Waals surface area contributed by atoms with Gasteiger partial charge in [-0.1, -0.05) is 13.8 Å². The summed E-state index contributed by atoms with van der Waals surface area (Å²) in [6, 6.07) is 0. The predicted molar refractivity (Wildman–Crippen MR) is 48.3 cm³/mol. The van der Waals surface area contributed by atoms with Gasteiger partial charge in [0.2, 0.25) is 0 Å². The first-order chi connectivity index (χ1) is 5.24. The summed E-state index contributed by atoms with van der Waals surface area (Å²) in [5.41, 5.74) is 0. The van der Waals surface area contributed by atoms with Crippen LogP contribution in [0.5, 0.6) is 0 Å². The van der Waals surface area contributed by atoms with Crippen molar-refractivity contribution in [2.24, 2.45) is 5.92 Å². The van der Waals surface area contributed by atoms with Crippen molar-refractivity contribution in [3.05, 3.63) is 0 Å². The van der Waals surface area contributed by atoms with Crippen LogP contribution >= 0.6 is 0 Å². The van der Waals surface area contributed by atoms with E-state index in [-0.39, 0.29) is 0 Å². The zero-order valence-electron chi connectivity index (χ0n) is 8.01. The van der Waals surface area contributed by atoms with Crippen LogP contribution in [0.2, 0.25) is 0 Å². The minimum Gasteiger partial charge on any atom is -0.245 e. The van der Waals surface area contributed by atoms with E-state index < -0.39 is 0 Å². The van der Waals surface area contributed by atoms with Gasteiger partial charge in [0.25, 0.3) is 0 Å². The molecule has 1 saturated heterocycles. The predicted octanol–water partition coefficient (Wildman–Crippen LogP) is 1.58. The van der Waals surface area contributed by atoms with E-state index >= 15 is 0 Å². The van der Waals surface area contributed by atoms with E-state index in [0.717, 1.165) is 12.5 Å². The molecule has 0 bridgehead atoms. The molecule has 0 amide bonds. The standard InChI is InChI=1S/C9H20N2/c1-4-10(3)11-7-5-9(2)6-8-11/h9H,4-8H2,1-3H3. The van der Waals surface area contributed by atoms with Crippen LogP contribution in [0.15, 0.2) is 0 Å². The first kappa shape index (κ1) is 9.01. The summed E-state index contributed by atoms with van der Waals surface area (Å²) in [6.45, 7) is 8.20. The molecule has 0 N–H and O–H groups in total. The lowest BCUT2D eigenvalue weighted by atomic mass is 10.0. The van der Waals surface area contributed by atoms with E-state index in [1.54, 1.807) is 0 Å². The highest BCUT2D eigenvalue weighted by Gasteiger charge is 2.17. The van der Waals surface area contributed by atoms with Gasteiger partial charge in [-0.05, 0) is 18.8 Å². The van der Waals surface area contributed by atoms with Crippen molar-refractivity contribution in [2.75, 3.05) is 26.7 Å². The number of hydrazine groups is 1. The average Bonchev–Trinajstić information content (AvgIpc) is 2.05. The minimum absolute atomic E-state index is 0.941. The van der Waals surface area contributed by atoms with Crippen molar-refractivity contribution in [2.45, 2.75) is 26.7 Å². The maximum Gasteiger partial charge on any atom is 0.0135 e. The highest BCUT2D eigenvalue weighted by Crippen LogP contribution is 2.16.